The Morgan fingerprint density at radius 1 is 1.22 bits per heavy atom. The number of benzene rings is 1. The summed E-state index contributed by atoms with van der Waals surface area (Å²) >= 11 is 0. The fourth-order valence-electron chi connectivity index (χ4n) is 2.14. The molecule has 1 unspecified atom stereocenters. The lowest BCUT2D eigenvalue weighted by atomic mass is 10.00. The molecular weight excluding hydrogens is 222 g/mol. The highest BCUT2D eigenvalue weighted by atomic mass is 16.5. The highest BCUT2D eigenvalue weighted by Gasteiger charge is 2.21. The Morgan fingerprint density at radius 3 is 2.61 bits per heavy atom. The zero-order valence-electron chi connectivity index (χ0n) is 11.8. The van der Waals surface area contributed by atoms with E-state index in [0.717, 1.165) is 24.8 Å². The van der Waals surface area contributed by atoms with Crippen molar-refractivity contribution in [3.8, 4) is 5.75 Å². The van der Waals surface area contributed by atoms with Crippen molar-refractivity contribution in [1.29, 1.82) is 0 Å². The molecule has 0 bridgehead atoms. The van der Waals surface area contributed by atoms with E-state index in [9.17, 15) is 0 Å². The normalized spacial score (nSPS) is 16.9. The standard InChI is InChI=1S/C16H25NO/c1-12(2)18-16-7-5-4-6-14(16)10-13(3)11-17-15-8-9-15/h4-7,12-13,15,17H,8-11H2,1-3H3. The molecule has 1 aromatic rings. The van der Waals surface area contributed by atoms with Gasteiger partial charge in [0.05, 0.1) is 6.10 Å². The Kier molecular flexibility index (Phi) is 4.65. The second kappa shape index (κ2) is 6.24. The van der Waals surface area contributed by atoms with Crippen molar-refractivity contribution in [2.24, 2.45) is 5.92 Å². The molecule has 1 aromatic carbocycles. The summed E-state index contributed by atoms with van der Waals surface area (Å²) in [5, 5.41) is 3.60. The predicted molar refractivity (Wildman–Crippen MR) is 76.1 cm³/mol. The van der Waals surface area contributed by atoms with Crippen molar-refractivity contribution in [2.45, 2.75) is 52.2 Å². The maximum atomic E-state index is 5.86. The molecule has 1 fully saturated rings. The fraction of sp³-hybridized carbons (Fsp3) is 0.625. The van der Waals surface area contributed by atoms with Crippen LogP contribution in [0.2, 0.25) is 0 Å². The van der Waals surface area contributed by atoms with Crippen LogP contribution in [-0.4, -0.2) is 18.7 Å². The van der Waals surface area contributed by atoms with Gasteiger partial charge >= 0.3 is 0 Å². The third kappa shape index (κ3) is 4.34. The molecule has 2 nitrogen and oxygen atoms in total. The quantitative estimate of drug-likeness (QED) is 0.797. The number of hydrogen-bond acceptors (Lipinski definition) is 2. The van der Waals surface area contributed by atoms with Gasteiger partial charge in [-0.3, -0.25) is 0 Å². The van der Waals surface area contributed by atoms with Gasteiger partial charge in [-0.15, -0.1) is 0 Å². The monoisotopic (exact) mass is 247 g/mol. The van der Waals surface area contributed by atoms with Crippen LogP contribution >= 0.6 is 0 Å². The largest absolute Gasteiger partial charge is 0.491 e. The molecule has 1 N–H and O–H groups in total. The molecule has 0 spiro atoms. The molecule has 1 aliphatic carbocycles. The van der Waals surface area contributed by atoms with Crippen LogP contribution in [0.3, 0.4) is 0 Å². The van der Waals surface area contributed by atoms with Gasteiger partial charge in [0.2, 0.25) is 0 Å². The molecule has 2 rings (SSSR count). The Morgan fingerprint density at radius 2 is 1.94 bits per heavy atom. The summed E-state index contributed by atoms with van der Waals surface area (Å²) < 4.78 is 5.86. The molecule has 0 heterocycles. The Balaban J connectivity index is 1.89. The van der Waals surface area contributed by atoms with Gasteiger partial charge in [-0.2, -0.15) is 0 Å². The van der Waals surface area contributed by atoms with Gasteiger partial charge in [0, 0.05) is 6.04 Å². The Bertz CT molecular complexity index is 371. The van der Waals surface area contributed by atoms with Crippen molar-refractivity contribution in [2.75, 3.05) is 6.54 Å². The minimum atomic E-state index is 0.242. The summed E-state index contributed by atoms with van der Waals surface area (Å²) in [4.78, 5) is 0. The molecule has 100 valence electrons. The lowest BCUT2D eigenvalue weighted by molar-refractivity contribution is 0.239. The predicted octanol–water partition coefficient (Wildman–Crippen LogP) is 3.40. The van der Waals surface area contributed by atoms with Gasteiger partial charge in [0.1, 0.15) is 5.75 Å². The Labute approximate surface area is 111 Å². The van der Waals surface area contributed by atoms with E-state index in [-0.39, 0.29) is 6.10 Å². The molecule has 1 saturated carbocycles. The van der Waals surface area contributed by atoms with Gasteiger partial charge in [0.25, 0.3) is 0 Å². The maximum absolute atomic E-state index is 5.86. The van der Waals surface area contributed by atoms with E-state index in [0.29, 0.717) is 5.92 Å². The molecule has 1 aliphatic rings. The van der Waals surface area contributed by atoms with E-state index in [2.05, 4.69) is 44.3 Å². The van der Waals surface area contributed by atoms with Crippen molar-refractivity contribution in [1.82, 2.24) is 5.32 Å². The van der Waals surface area contributed by atoms with Gasteiger partial charge in [-0.05, 0) is 57.2 Å². The summed E-state index contributed by atoms with van der Waals surface area (Å²) in [5.74, 6) is 1.70. The highest BCUT2D eigenvalue weighted by molar-refractivity contribution is 5.33. The third-order valence-corrected chi connectivity index (χ3v) is 3.24. The lowest BCUT2D eigenvalue weighted by Crippen LogP contribution is -2.24. The smallest absolute Gasteiger partial charge is 0.122 e. The van der Waals surface area contributed by atoms with E-state index in [1.165, 1.54) is 18.4 Å². The van der Waals surface area contributed by atoms with Crippen molar-refractivity contribution >= 4 is 0 Å². The Hall–Kier alpha value is -1.02. The van der Waals surface area contributed by atoms with Crippen LogP contribution in [0.15, 0.2) is 24.3 Å². The summed E-state index contributed by atoms with van der Waals surface area (Å²) in [5.41, 5.74) is 1.33. The zero-order valence-corrected chi connectivity index (χ0v) is 11.8. The average Bonchev–Trinajstić information content (AvgIpc) is 3.12. The van der Waals surface area contributed by atoms with Crippen LogP contribution in [0.5, 0.6) is 5.75 Å². The van der Waals surface area contributed by atoms with E-state index in [1.807, 2.05) is 6.07 Å². The first-order valence-corrected chi connectivity index (χ1v) is 7.13. The van der Waals surface area contributed by atoms with Gasteiger partial charge in [-0.1, -0.05) is 25.1 Å². The van der Waals surface area contributed by atoms with E-state index in [4.69, 9.17) is 4.74 Å². The number of ether oxygens (including phenoxy) is 1. The third-order valence-electron chi connectivity index (χ3n) is 3.24. The maximum Gasteiger partial charge on any atom is 0.122 e. The van der Waals surface area contributed by atoms with Gasteiger partial charge in [-0.25, -0.2) is 0 Å². The summed E-state index contributed by atoms with van der Waals surface area (Å²) in [6, 6.07) is 9.22. The minimum absolute atomic E-state index is 0.242. The second-order valence-corrected chi connectivity index (χ2v) is 5.77. The van der Waals surface area contributed by atoms with E-state index in [1.54, 1.807) is 0 Å². The molecular formula is C16H25NO. The number of para-hydroxylation sites is 1. The summed E-state index contributed by atoms with van der Waals surface area (Å²) in [6.45, 7) is 7.58. The minimum Gasteiger partial charge on any atom is -0.491 e. The van der Waals surface area contributed by atoms with Crippen LogP contribution in [0.25, 0.3) is 0 Å². The van der Waals surface area contributed by atoms with Crippen LogP contribution < -0.4 is 10.1 Å². The van der Waals surface area contributed by atoms with Crippen LogP contribution in [-0.2, 0) is 6.42 Å². The summed E-state index contributed by atoms with van der Waals surface area (Å²) in [6.07, 6.45) is 4.05. The van der Waals surface area contributed by atoms with Crippen molar-refractivity contribution < 1.29 is 4.74 Å². The van der Waals surface area contributed by atoms with Gasteiger partial charge < -0.3 is 10.1 Å². The highest BCUT2D eigenvalue weighted by Crippen LogP contribution is 2.23. The SMILES string of the molecule is CC(CNC1CC1)Cc1ccccc1OC(C)C. The molecule has 0 saturated heterocycles. The van der Waals surface area contributed by atoms with Gasteiger partial charge in [0.15, 0.2) is 0 Å². The van der Waals surface area contributed by atoms with E-state index < -0.39 is 0 Å². The van der Waals surface area contributed by atoms with Crippen LogP contribution in [0, 0.1) is 5.92 Å². The molecule has 0 aromatic heterocycles. The summed E-state index contributed by atoms with van der Waals surface area (Å²) in [7, 11) is 0. The topological polar surface area (TPSA) is 21.3 Å². The first-order valence-electron chi connectivity index (χ1n) is 7.13. The van der Waals surface area contributed by atoms with Crippen molar-refractivity contribution in [3.05, 3.63) is 29.8 Å². The first-order chi connectivity index (χ1) is 8.65. The second-order valence-electron chi connectivity index (χ2n) is 5.77. The van der Waals surface area contributed by atoms with E-state index >= 15 is 0 Å². The fourth-order valence-corrected chi connectivity index (χ4v) is 2.14. The molecule has 0 radical (unpaired) electrons. The number of hydrogen-bond donors (Lipinski definition) is 1. The van der Waals surface area contributed by atoms with Crippen molar-refractivity contribution in [3.63, 3.8) is 0 Å². The molecule has 0 amide bonds. The number of nitrogens with one attached hydrogen (secondary N) is 1. The van der Waals surface area contributed by atoms with Crippen LogP contribution in [0.1, 0.15) is 39.2 Å². The molecule has 18 heavy (non-hydrogen) atoms. The zero-order chi connectivity index (χ0) is 13.0. The average molecular weight is 247 g/mol. The molecule has 2 heteroatoms. The molecule has 0 aliphatic heterocycles. The molecule has 1 atom stereocenters. The first kappa shape index (κ1) is 13.4. The lowest BCUT2D eigenvalue weighted by Gasteiger charge is -2.17. The van der Waals surface area contributed by atoms with Crippen LogP contribution in [0.4, 0.5) is 0 Å². The number of rotatable bonds is 7.